The van der Waals surface area contributed by atoms with E-state index in [0.717, 1.165) is 12.8 Å². The van der Waals surface area contributed by atoms with Gasteiger partial charge in [0.1, 0.15) is 0 Å². The fraction of sp³-hybridized carbons (Fsp3) is 0.867. The minimum atomic E-state index is -0.452. The van der Waals surface area contributed by atoms with E-state index in [-0.39, 0.29) is 0 Å². The van der Waals surface area contributed by atoms with E-state index in [1.165, 1.54) is 44.1 Å². The summed E-state index contributed by atoms with van der Waals surface area (Å²) in [6, 6.07) is 0. The quantitative estimate of drug-likeness (QED) is 0.698. The van der Waals surface area contributed by atoms with Crippen molar-refractivity contribution in [2.45, 2.75) is 70.8 Å². The standard InChI is InChI=1S/C15H26O/c1-12(2)14-10-6-7-11-15(14,16)13-8-4-3-5-9-13/h8,12,14,16H,3-7,9-11H2,1-2H3. The molecule has 1 heteroatoms. The summed E-state index contributed by atoms with van der Waals surface area (Å²) in [5, 5.41) is 11.1. The van der Waals surface area contributed by atoms with Crippen LogP contribution in [-0.2, 0) is 0 Å². The number of hydrogen-bond acceptors (Lipinski definition) is 1. The molecular weight excluding hydrogens is 196 g/mol. The van der Waals surface area contributed by atoms with Crippen molar-refractivity contribution < 1.29 is 5.11 Å². The van der Waals surface area contributed by atoms with Crippen molar-refractivity contribution in [2.75, 3.05) is 0 Å². The van der Waals surface area contributed by atoms with Gasteiger partial charge in [0.05, 0.1) is 5.60 Å². The highest BCUT2D eigenvalue weighted by atomic mass is 16.3. The normalized spacial score (nSPS) is 36.2. The van der Waals surface area contributed by atoms with Crippen molar-refractivity contribution in [1.29, 1.82) is 0 Å². The highest BCUT2D eigenvalue weighted by Gasteiger charge is 2.42. The van der Waals surface area contributed by atoms with Gasteiger partial charge < -0.3 is 5.11 Å². The molecule has 92 valence electrons. The van der Waals surface area contributed by atoms with Gasteiger partial charge in [0.15, 0.2) is 0 Å². The van der Waals surface area contributed by atoms with Crippen LogP contribution < -0.4 is 0 Å². The maximum absolute atomic E-state index is 11.1. The van der Waals surface area contributed by atoms with Crippen molar-refractivity contribution in [2.24, 2.45) is 11.8 Å². The Bertz CT molecular complexity index is 267. The first-order valence-corrected chi connectivity index (χ1v) is 7.06. The highest BCUT2D eigenvalue weighted by molar-refractivity contribution is 5.21. The third-order valence-corrected chi connectivity index (χ3v) is 4.59. The SMILES string of the molecule is CC(C)C1CCCCC1(O)C1=CCCCC1. The molecule has 0 aliphatic heterocycles. The average molecular weight is 222 g/mol. The molecule has 0 aromatic rings. The Labute approximate surface area is 99.9 Å². The topological polar surface area (TPSA) is 20.2 Å². The molecule has 0 spiro atoms. The predicted molar refractivity (Wildman–Crippen MR) is 68.3 cm³/mol. The third-order valence-electron chi connectivity index (χ3n) is 4.59. The van der Waals surface area contributed by atoms with Crippen LogP contribution in [0.1, 0.15) is 65.2 Å². The first-order valence-electron chi connectivity index (χ1n) is 7.06. The van der Waals surface area contributed by atoms with Gasteiger partial charge in [-0.15, -0.1) is 0 Å². The van der Waals surface area contributed by atoms with Crippen molar-refractivity contribution in [1.82, 2.24) is 0 Å². The Balaban J connectivity index is 2.21. The van der Waals surface area contributed by atoms with Gasteiger partial charge in [-0.2, -0.15) is 0 Å². The lowest BCUT2D eigenvalue weighted by molar-refractivity contribution is -0.0381. The number of aliphatic hydroxyl groups is 1. The van der Waals surface area contributed by atoms with Crippen molar-refractivity contribution in [3.8, 4) is 0 Å². The molecule has 0 saturated heterocycles. The van der Waals surface area contributed by atoms with Crippen molar-refractivity contribution in [3.05, 3.63) is 11.6 Å². The molecule has 1 N–H and O–H groups in total. The molecule has 0 radical (unpaired) electrons. The van der Waals surface area contributed by atoms with Crippen molar-refractivity contribution in [3.63, 3.8) is 0 Å². The Morgan fingerprint density at radius 2 is 2.06 bits per heavy atom. The summed E-state index contributed by atoms with van der Waals surface area (Å²) >= 11 is 0. The smallest absolute Gasteiger partial charge is 0.0887 e. The summed E-state index contributed by atoms with van der Waals surface area (Å²) in [5.74, 6) is 1.10. The summed E-state index contributed by atoms with van der Waals surface area (Å²) < 4.78 is 0. The Morgan fingerprint density at radius 1 is 1.25 bits per heavy atom. The number of allylic oxidation sites excluding steroid dienone is 1. The lowest BCUT2D eigenvalue weighted by atomic mass is 9.65. The lowest BCUT2D eigenvalue weighted by Crippen LogP contribution is -2.45. The summed E-state index contributed by atoms with van der Waals surface area (Å²) in [7, 11) is 0. The average Bonchev–Trinajstić information content (AvgIpc) is 2.30. The summed E-state index contributed by atoms with van der Waals surface area (Å²) in [5.41, 5.74) is 0.921. The molecule has 0 heterocycles. The van der Waals surface area contributed by atoms with Crippen LogP contribution in [0, 0.1) is 11.8 Å². The van der Waals surface area contributed by atoms with Gasteiger partial charge in [0.2, 0.25) is 0 Å². The van der Waals surface area contributed by atoms with Gasteiger partial charge in [-0.05, 0) is 55.9 Å². The minimum Gasteiger partial charge on any atom is -0.385 e. The second kappa shape index (κ2) is 4.91. The van der Waals surface area contributed by atoms with Crippen LogP contribution in [-0.4, -0.2) is 10.7 Å². The summed E-state index contributed by atoms with van der Waals surface area (Å²) in [6.45, 7) is 4.54. The lowest BCUT2D eigenvalue weighted by Gasteiger charge is -2.45. The van der Waals surface area contributed by atoms with Crippen LogP contribution in [0.25, 0.3) is 0 Å². The largest absolute Gasteiger partial charge is 0.385 e. The molecule has 16 heavy (non-hydrogen) atoms. The van der Waals surface area contributed by atoms with Gasteiger partial charge in [0.25, 0.3) is 0 Å². The van der Waals surface area contributed by atoms with Crippen LogP contribution in [0.4, 0.5) is 0 Å². The van der Waals surface area contributed by atoms with Crippen LogP contribution in [0.3, 0.4) is 0 Å². The van der Waals surface area contributed by atoms with E-state index < -0.39 is 5.60 Å². The Morgan fingerprint density at radius 3 is 2.69 bits per heavy atom. The molecule has 2 rings (SSSR count). The molecule has 2 aliphatic rings. The molecule has 1 fully saturated rings. The van der Waals surface area contributed by atoms with Crippen LogP contribution in [0.2, 0.25) is 0 Å². The third kappa shape index (κ3) is 2.20. The minimum absolute atomic E-state index is 0.452. The summed E-state index contributed by atoms with van der Waals surface area (Å²) in [6.07, 6.45) is 12.0. The fourth-order valence-corrected chi connectivity index (χ4v) is 3.70. The van der Waals surface area contributed by atoms with Crippen LogP contribution in [0.5, 0.6) is 0 Å². The van der Waals surface area contributed by atoms with Crippen molar-refractivity contribution >= 4 is 0 Å². The van der Waals surface area contributed by atoms with Crippen LogP contribution >= 0.6 is 0 Å². The second-order valence-electron chi connectivity index (χ2n) is 6.00. The van der Waals surface area contributed by atoms with Crippen LogP contribution in [0.15, 0.2) is 11.6 Å². The van der Waals surface area contributed by atoms with Gasteiger partial charge in [-0.25, -0.2) is 0 Å². The molecule has 1 nitrogen and oxygen atoms in total. The highest BCUT2D eigenvalue weighted by Crippen LogP contribution is 2.45. The van der Waals surface area contributed by atoms with E-state index in [0.29, 0.717) is 11.8 Å². The molecule has 2 unspecified atom stereocenters. The maximum Gasteiger partial charge on any atom is 0.0887 e. The van der Waals surface area contributed by atoms with E-state index in [4.69, 9.17) is 0 Å². The van der Waals surface area contributed by atoms with Gasteiger partial charge >= 0.3 is 0 Å². The number of rotatable bonds is 2. The molecule has 0 bridgehead atoms. The van der Waals surface area contributed by atoms with Gasteiger partial charge in [0, 0.05) is 0 Å². The predicted octanol–water partition coefficient (Wildman–Crippen LogP) is 4.06. The zero-order valence-corrected chi connectivity index (χ0v) is 10.8. The molecule has 2 atom stereocenters. The zero-order chi connectivity index (χ0) is 11.6. The van der Waals surface area contributed by atoms with E-state index >= 15 is 0 Å². The first-order chi connectivity index (χ1) is 7.64. The van der Waals surface area contributed by atoms with Gasteiger partial charge in [-0.3, -0.25) is 0 Å². The molecule has 1 saturated carbocycles. The van der Waals surface area contributed by atoms with E-state index in [2.05, 4.69) is 19.9 Å². The zero-order valence-electron chi connectivity index (χ0n) is 10.8. The Kier molecular flexibility index (Phi) is 3.73. The molecular formula is C15H26O. The first kappa shape index (κ1) is 12.2. The molecule has 2 aliphatic carbocycles. The fourth-order valence-electron chi connectivity index (χ4n) is 3.70. The van der Waals surface area contributed by atoms with E-state index in [9.17, 15) is 5.11 Å². The Hall–Kier alpha value is -0.300. The molecule has 0 aromatic heterocycles. The van der Waals surface area contributed by atoms with E-state index in [1.54, 1.807) is 0 Å². The van der Waals surface area contributed by atoms with Gasteiger partial charge in [-0.1, -0.05) is 32.8 Å². The molecule has 0 amide bonds. The molecule has 0 aromatic carbocycles. The number of hydrogen-bond donors (Lipinski definition) is 1. The van der Waals surface area contributed by atoms with E-state index in [1.807, 2.05) is 0 Å². The second-order valence-corrected chi connectivity index (χ2v) is 6.00. The maximum atomic E-state index is 11.1. The summed E-state index contributed by atoms with van der Waals surface area (Å²) in [4.78, 5) is 0. The monoisotopic (exact) mass is 222 g/mol.